The number of hydrogen-bond donors (Lipinski definition) is 0. The highest BCUT2D eigenvalue weighted by atomic mass is 19.4. The molecule has 3 aromatic rings. The summed E-state index contributed by atoms with van der Waals surface area (Å²) < 4.78 is 51.4. The van der Waals surface area contributed by atoms with Crippen LogP contribution in [0.5, 0.6) is 5.75 Å². The molecule has 0 unspecified atom stereocenters. The van der Waals surface area contributed by atoms with Gasteiger partial charge in [-0.1, -0.05) is 6.07 Å². The van der Waals surface area contributed by atoms with Crippen molar-refractivity contribution < 1.29 is 27.4 Å². The van der Waals surface area contributed by atoms with E-state index in [1.165, 1.54) is 13.2 Å². The number of nitrogens with zero attached hydrogens (tertiary/aromatic N) is 1. The van der Waals surface area contributed by atoms with Gasteiger partial charge in [-0.25, -0.2) is 4.79 Å². The zero-order chi connectivity index (χ0) is 19.8. The molecule has 0 atom stereocenters. The molecule has 3 rings (SSSR count). The SMILES string of the molecule is CCOC(=O)c1c(C)n(-c2cccc(C(F)(F)F)c2)c2ccc(OC)cc12. The van der Waals surface area contributed by atoms with Crippen molar-refractivity contribution in [3.63, 3.8) is 0 Å². The maximum atomic E-state index is 13.1. The van der Waals surface area contributed by atoms with Crippen molar-refractivity contribution in [2.45, 2.75) is 20.0 Å². The van der Waals surface area contributed by atoms with Crippen LogP contribution in [-0.2, 0) is 10.9 Å². The summed E-state index contributed by atoms with van der Waals surface area (Å²) in [4.78, 5) is 12.5. The van der Waals surface area contributed by atoms with Gasteiger partial charge in [-0.3, -0.25) is 0 Å². The smallest absolute Gasteiger partial charge is 0.416 e. The fraction of sp³-hybridized carbons (Fsp3) is 0.250. The van der Waals surface area contributed by atoms with E-state index in [0.29, 0.717) is 33.6 Å². The minimum atomic E-state index is -4.46. The number of rotatable bonds is 4. The lowest BCUT2D eigenvalue weighted by Crippen LogP contribution is -2.08. The van der Waals surface area contributed by atoms with Gasteiger partial charge in [0.2, 0.25) is 0 Å². The summed E-state index contributed by atoms with van der Waals surface area (Å²) in [6.07, 6.45) is -4.46. The van der Waals surface area contributed by atoms with E-state index in [9.17, 15) is 18.0 Å². The number of methoxy groups -OCH3 is 1. The Kier molecular flexibility index (Phi) is 4.87. The summed E-state index contributed by atoms with van der Waals surface area (Å²) >= 11 is 0. The van der Waals surface area contributed by atoms with E-state index >= 15 is 0 Å². The highest BCUT2D eigenvalue weighted by Gasteiger charge is 2.31. The largest absolute Gasteiger partial charge is 0.497 e. The summed E-state index contributed by atoms with van der Waals surface area (Å²) in [7, 11) is 1.50. The third-order valence-corrected chi connectivity index (χ3v) is 4.32. The average molecular weight is 377 g/mol. The minimum absolute atomic E-state index is 0.193. The van der Waals surface area contributed by atoms with Crippen LogP contribution < -0.4 is 4.74 Å². The maximum Gasteiger partial charge on any atom is 0.416 e. The molecule has 1 heterocycles. The first-order chi connectivity index (χ1) is 12.8. The molecular weight excluding hydrogens is 359 g/mol. The van der Waals surface area contributed by atoms with Crippen molar-refractivity contribution in [3.8, 4) is 11.4 Å². The molecule has 0 aliphatic carbocycles. The number of hydrogen-bond acceptors (Lipinski definition) is 3. The minimum Gasteiger partial charge on any atom is -0.497 e. The number of alkyl halides is 3. The molecule has 0 saturated carbocycles. The van der Waals surface area contributed by atoms with Crippen LogP contribution >= 0.6 is 0 Å². The van der Waals surface area contributed by atoms with E-state index in [1.807, 2.05) is 0 Å². The molecule has 1 aromatic heterocycles. The molecule has 0 N–H and O–H groups in total. The van der Waals surface area contributed by atoms with Crippen molar-refractivity contribution in [1.29, 1.82) is 0 Å². The van der Waals surface area contributed by atoms with Crippen molar-refractivity contribution in [2.24, 2.45) is 0 Å². The van der Waals surface area contributed by atoms with Gasteiger partial charge >= 0.3 is 12.1 Å². The number of aromatic nitrogens is 1. The topological polar surface area (TPSA) is 40.5 Å². The van der Waals surface area contributed by atoms with Crippen LogP contribution in [0, 0.1) is 6.92 Å². The van der Waals surface area contributed by atoms with Crippen LogP contribution in [0.3, 0.4) is 0 Å². The molecule has 7 heteroatoms. The molecule has 0 amide bonds. The lowest BCUT2D eigenvalue weighted by atomic mass is 10.1. The van der Waals surface area contributed by atoms with E-state index in [1.54, 1.807) is 42.7 Å². The first-order valence-electron chi connectivity index (χ1n) is 8.31. The molecule has 0 saturated heterocycles. The third kappa shape index (κ3) is 3.37. The summed E-state index contributed by atoms with van der Waals surface area (Å²) in [5.74, 6) is 0.00761. The van der Waals surface area contributed by atoms with Crippen LogP contribution in [0.2, 0.25) is 0 Å². The van der Waals surface area contributed by atoms with Crippen molar-refractivity contribution >= 4 is 16.9 Å². The van der Waals surface area contributed by atoms with Crippen LogP contribution in [0.25, 0.3) is 16.6 Å². The van der Waals surface area contributed by atoms with Gasteiger partial charge in [0.05, 0.1) is 30.4 Å². The number of carbonyl (C=O) groups excluding carboxylic acids is 1. The second-order valence-corrected chi connectivity index (χ2v) is 5.95. The summed E-state index contributed by atoms with van der Waals surface area (Å²) in [6, 6.07) is 10.1. The van der Waals surface area contributed by atoms with Crippen molar-refractivity contribution in [1.82, 2.24) is 4.57 Å². The highest BCUT2D eigenvalue weighted by molar-refractivity contribution is 6.07. The first kappa shape index (κ1) is 18.8. The maximum absolute atomic E-state index is 13.1. The van der Waals surface area contributed by atoms with Crippen LogP contribution in [0.1, 0.15) is 28.5 Å². The monoisotopic (exact) mass is 377 g/mol. The Morgan fingerprint density at radius 2 is 1.89 bits per heavy atom. The van der Waals surface area contributed by atoms with Gasteiger partial charge in [-0.2, -0.15) is 13.2 Å². The molecule has 0 spiro atoms. The standard InChI is InChI=1S/C20H18F3NO3/c1-4-27-19(25)18-12(2)24(17-9-8-15(26-3)11-16(17)18)14-7-5-6-13(10-14)20(21,22)23/h5-11H,4H2,1-3H3. The highest BCUT2D eigenvalue weighted by Crippen LogP contribution is 2.35. The molecule has 142 valence electrons. The van der Waals surface area contributed by atoms with E-state index in [4.69, 9.17) is 9.47 Å². The summed E-state index contributed by atoms with van der Waals surface area (Å²) in [5, 5.41) is 0.558. The lowest BCUT2D eigenvalue weighted by Gasteiger charge is -2.12. The number of fused-ring (bicyclic) bond motifs is 1. The quantitative estimate of drug-likeness (QED) is 0.591. The Labute approximate surface area is 154 Å². The first-order valence-corrected chi connectivity index (χ1v) is 8.31. The lowest BCUT2D eigenvalue weighted by molar-refractivity contribution is -0.137. The van der Waals surface area contributed by atoms with Gasteiger partial charge in [-0.05, 0) is 50.2 Å². The number of halogens is 3. The Balaban J connectivity index is 2.31. The molecular formula is C20H18F3NO3. The Bertz CT molecular complexity index is 1010. The van der Waals surface area contributed by atoms with E-state index in [2.05, 4.69) is 0 Å². The van der Waals surface area contributed by atoms with Gasteiger partial charge < -0.3 is 14.0 Å². The second kappa shape index (κ2) is 6.98. The number of carbonyl (C=O) groups is 1. The fourth-order valence-electron chi connectivity index (χ4n) is 3.14. The van der Waals surface area contributed by atoms with Crippen molar-refractivity contribution in [3.05, 3.63) is 59.3 Å². The van der Waals surface area contributed by atoms with Gasteiger partial charge in [0.15, 0.2) is 0 Å². The Morgan fingerprint density at radius 1 is 1.15 bits per heavy atom. The average Bonchev–Trinajstić information content (AvgIpc) is 2.92. The number of esters is 1. The zero-order valence-electron chi connectivity index (χ0n) is 15.1. The molecule has 4 nitrogen and oxygen atoms in total. The van der Waals surface area contributed by atoms with Gasteiger partial charge in [0.25, 0.3) is 0 Å². The van der Waals surface area contributed by atoms with Gasteiger partial charge in [-0.15, -0.1) is 0 Å². The van der Waals surface area contributed by atoms with Crippen LogP contribution in [-0.4, -0.2) is 24.3 Å². The fourth-order valence-corrected chi connectivity index (χ4v) is 3.14. The van der Waals surface area contributed by atoms with E-state index in [0.717, 1.165) is 12.1 Å². The molecule has 0 bridgehead atoms. The third-order valence-electron chi connectivity index (χ3n) is 4.32. The van der Waals surface area contributed by atoms with Gasteiger partial charge in [0.1, 0.15) is 5.75 Å². The summed E-state index contributed by atoms with van der Waals surface area (Å²) in [6.45, 7) is 3.57. The molecule has 0 aliphatic rings. The van der Waals surface area contributed by atoms with E-state index < -0.39 is 17.7 Å². The Hall–Kier alpha value is -2.96. The van der Waals surface area contributed by atoms with E-state index in [-0.39, 0.29) is 6.61 Å². The normalized spacial score (nSPS) is 11.6. The molecule has 2 aromatic carbocycles. The summed E-state index contributed by atoms with van der Waals surface area (Å²) in [5.41, 5.74) is 0.954. The van der Waals surface area contributed by atoms with Crippen LogP contribution in [0.4, 0.5) is 13.2 Å². The number of ether oxygens (including phenoxy) is 2. The van der Waals surface area contributed by atoms with Crippen LogP contribution in [0.15, 0.2) is 42.5 Å². The zero-order valence-corrected chi connectivity index (χ0v) is 15.1. The predicted molar refractivity (Wildman–Crippen MR) is 95.5 cm³/mol. The molecule has 0 fully saturated rings. The predicted octanol–water partition coefficient (Wildman–Crippen LogP) is 5.14. The number of benzene rings is 2. The van der Waals surface area contributed by atoms with Gasteiger partial charge in [0, 0.05) is 16.8 Å². The Morgan fingerprint density at radius 3 is 2.52 bits per heavy atom. The second-order valence-electron chi connectivity index (χ2n) is 5.95. The van der Waals surface area contributed by atoms with Crippen molar-refractivity contribution in [2.75, 3.05) is 13.7 Å². The molecule has 27 heavy (non-hydrogen) atoms. The molecule has 0 aliphatic heterocycles. The molecule has 0 radical (unpaired) electrons.